The molecule has 1 aromatic heterocycles. The Morgan fingerprint density at radius 1 is 1.59 bits per heavy atom. The van der Waals surface area contributed by atoms with Crippen molar-refractivity contribution in [1.82, 2.24) is 10.3 Å². The fourth-order valence-corrected chi connectivity index (χ4v) is 0.887. The normalized spacial score (nSPS) is 8.59. The first-order valence-corrected chi connectivity index (χ1v) is 5.17. The van der Waals surface area contributed by atoms with Crippen molar-refractivity contribution in [3.63, 3.8) is 0 Å². The van der Waals surface area contributed by atoms with Crippen molar-refractivity contribution in [2.24, 2.45) is 0 Å². The fraction of sp³-hybridized carbons (Fsp3) is 0.400. The van der Waals surface area contributed by atoms with Gasteiger partial charge in [-0.3, -0.25) is 9.78 Å². The third kappa shape index (κ3) is 6.82. The molecule has 0 aliphatic carbocycles. The van der Waals surface area contributed by atoms with E-state index in [4.69, 9.17) is 5.21 Å². The van der Waals surface area contributed by atoms with Crippen LogP contribution in [0.3, 0.4) is 0 Å². The Morgan fingerprint density at radius 3 is 2.82 bits per heavy atom. The number of amides is 1. The summed E-state index contributed by atoms with van der Waals surface area (Å²) in [5, 5.41) is 9.88. The largest absolute Gasteiger partial charge is 0.475 e. The molecule has 2 N–H and O–H groups in total. The molecular weight excluding hydrogens is 226 g/mol. The van der Waals surface area contributed by atoms with E-state index in [2.05, 4.69) is 15.1 Å². The molecular formula is C10H16N3O4+. The van der Waals surface area contributed by atoms with E-state index in [0.717, 1.165) is 0 Å². The number of carbonyl (C=O) groups excluding carboxylic acids is 1. The number of hydrogen-bond donors (Lipinski definition) is 2. The second kappa shape index (κ2) is 9.08. The van der Waals surface area contributed by atoms with Crippen LogP contribution in [0.1, 0.15) is 24.2 Å². The SMILES string of the molecule is CC.O=C(NCCO[N+](=O)O)c1cccnc1. The summed E-state index contributed by atoms with van der Waals surface area (Å²) in [6, 6.07) is 3.24. The van der Waals surface area contributed by atoms with Crippen molar-refractivity contribution in [3.8, 4) is 0 Å². The average Bonchev–Trinajstić information content (AvgIpc) is 2.37. The van der Waals surface area contributed by atoms with E-state index in [1.165, 1.54) is 6.20 Å². The summed E-state index contributed by atoms with van der Waals surface area (Å²) in [6.07, 6.45) is 2.98. The number of rotatable bonds is 5. The molecule has 0 saturated carbocycles. The molecule has 0 saturated heterocycles. The topological polar surface area (TPSA) is 91.5 Å². The van der Waals surface area contributed by atoms with Gasteiger partial charge in [-0.1, -0.05) is 13.8 Å². The zero-order valence-electron chi connectivity index (χ0n) is 9.79. The van der Waals surface area contributed by atoms with Crippen LogP contribution >= 0.6 is 0 Å². The number of hydrogen-bond acceptors (Lipinski definition) is 4. The summed E-state index contributed by atoms with van der Waals surface area (Å²) < 4.78 is 0. The molecule has 0 atom stereocenters. The molecule has 1 rings (SSSR count). The van der Waals surface area contributed by atoms with Crippen LogP contribution in [0.4, 0.5) is 0 Å². The quantitative estimate of drug-likeness (QED) is 0.592. The zero-order valence-corrected chi connectivity index (χ0v) is 9.79. The van der Waals surface area contributed by atoms with E-state index in [9.17, 15) is 9.70 Å². The van der Waals surface area contributed by atoms with Crippen molar-refractivity contribution < 1.29 is 19.9 Å². The first-order chi connectivity index (χ1) is 8.20. The molecule has 0 fully saturated rings. The molecule has 7 heteroatoms. The van der Waals surface area contributed by atoms with E-state index in [1.807, 2.05) is 13.8 Å². The Kier molecular flexibility index (Phi) is 7.91. The van der Waals surface area contributed by atoms with Gasteiger partial charge in [-0.15, -0.1) is 0 Å². The summed E-state index contributed by atoms with van der Waals surface area (Å²) in [7, 11) is 0. The minimum Gasteiger partial charge on any atom is -0.348 e. The Bertz CT molecular complexity index is 343. The lowest BCUT2D eigenvalue weighted by Crippen LogP contribution is -2.28. The van der Waals surface area contributed by atoms with Gasteiger partial charge in [-0.05, 0) is 12.1 Å². The van der Waals surface area contributed by atoms with Crippen molar-refractivity contribution in [2.75, 3.05) is 13.2 Å². The third-order valence-electron chi connectivity index (χ3n) is 1.51. The summed E-state index contributed by atoms with van der Waals surface area (Å²) in [5.41, 5.74) is 0.417. The van der Waals surface area contributed by atoms with Gasteiger partial charge >= 0.3 is 5.09 Å². The Hall–Kier alpha value is -2.18. The van der Waals surface area contributed by atoms with E-state index >= 15 is 0 Å². The molecule has 1 amide bonds. The smallest absolute Gasteiger partial charge is 0.348 e. The van der Waals surface area contributed by atoms with Gasteiger partial charge in [0.15, 0.2) is 6.61 Å². The second-order valence-corrected chi connectivity index (χ2v) is 2.57. The molecule has 0 spiro atoms. The van der Waals surface area contributed by atoms with Crippen LogP contribution in [-0.4, -0.2) is 34.3 Å². The standard InChI is InChI=1S/C8H9N3O4.C2H6/c12-8(7-2-1-3-9-6-7)10-4-5-15-11(13)14;1-2/h1-3,6H,4-5H2,(H-,10,12,13,14);1-2H3/p+1. The number of pyridine rings is 1. The van der Waals surface area contributed by atoms with Crippen LogP contribution in [-0.2, 0) is 4.84 Å². The molecule has 0 aliphatic heterocycles. The number of aromatic nitrogens is 1. The minimum atomic E-state index is -0.657. The first-order valence-electron chi connectivity index (χ1n) is 5.17. The fourth-order valence-electron chi connectivity index (χ4n) is 0.887. The maximum Gasteiger partial charge on any atom is 0.475 e. The highest BCUT2D eigenvalue weighted by Crippen LogP contribution is 1.94. The van der Waals surface area contributed by atoms with E-state index < -0.39 is 5.09 Å². The predicted molar refractivity (Wildman–Crippen MR) is 59.3 cm³/mol. The molecule has 0 unspecified atom stereocenters. The van der Waals surface area contributed by atoms with Crippen molar-refractivity contribution in [3.05, 3.63) is 35.0 Å². The lowest BCUT2D eigenvalue weighted by Gasteiger charge is -2.01. The Labute approximate surface area is 98.9 Å². The van der Waals surface area contributed by atoms with Gasteiger partial charge in [0.2, 0.25) is 0 Å². The predicted octanol–water partition coefficient (Wildman–Crippen LogP) is 0.937. The molecule has 94 valence electrons. The van der Waals surface area contributed by atoms with Gasteiger partial charge in [-0.25, -0.2) is 5.21 Å². The van der Waals surface area contributed by atoms with Crippen molar-refractivity contribution in [2.45, 2.75) is 13.8 Å². The van der Waals surface area contributed by atoms with E-state index in [0.29, 0.717) is 5.56 Å². The third-order valence-corrected chi connectivity index (χ3v) is 1.51. The molecule has 0 aromatic carbocycles. The lowest BCUT2D eigenvalue weighted by molar-refractivity contribution is -0.975. The highest BCUT2D eigenvalue weighted by atomic mass is 16.9. The minimum absolute atomic E-state index is 0.105. The van der Waals surface area contributed by atoms with Crippen LogP contribution < -0.4 is 5.32 Å². The molecule has 0 bridgehead atoms. The maximum absolute atomic E-state index is 11.3. The second-order valence-electron chi connectivity index (χ2n) is 2.57. The van der Waals surface area contributed by atoms with E-state index in [-0.39, 0.29) is 19.1 Å². The maximum atomic E-state index is 11.3. The van der Waals surface area contributed by atoms with Crippen LogP contribution in [0.5, 0.6) is 0 Å². The number of nitrogens with one attached hydrogen (secondary N) is 1. The van der Waals surface area contributed by atoms with Gasteiger partial charge < -0.3 is 5.32 Å². The van der Waals surface area contributed by atoms with Crippen LogP contribution in [0.25, 0.3) is 0 Å². The lowest BCUT2D eigenvalue weighted by atomic mass is 10.3. The number of carbonyl (C=O) groups is 1. The van der Waals surface area contributed by atoms with Crippen LogP contribution in [0.2, 0.25) is 0 Å². The van der Waals surface area contributed by atoms with Gasteiger partial charge in [0.1, 0.15) is 4.91 Å². The van der Waals surface area contributed by atoms with Crippen molar-refractivity contribution in [1.29, 1.82) is 0 Å². The Balaban J connectivity index is 0.00000121. The molecule has 17 heavy (non-hydrogen) atoms. The van der Waals surface area contributed by atoms with E-state index in [1.54, 1.807) is 18.3 Å². The van der Waals surface area contributed by atoms with Gasteiger partial charge in [0.05, 0.1) is 12.1 Å². The summed E-state index contributed by atoms with van der Waals surface area (Å²) in [4.78, 5) is 29.1. The molecule has 7 nitrogen and oxygen atoms in total. The highest BCUT2D eigenvalue weighted by molar-refractivity contribution is 5.93. The van der Waals surface area contributed by atoms with Gasteiger partial charge in [-0.2, -0.15) is 4.84 Å². The van der Waals surface area contributed by atoms with Gasteiger partial charge in [0, 0.05) is 12.4 Å². The number of nitrogens with zero attached hydrogens (tertiary/aromatic N) is 2. The molecule has 0 radical (unpaired) electrons. The van der Waals surface area contributed by atoms with Gasteiger partial charge in [0.25, 0.3) is 5.91 Å². The molecule has 1 aromatic rings. The molecule has 0 aliphatic rings. The summed E-state index contributed by atoms with van der Waals surface area (Å²) in [5.74, 6) is -0.318. The van der Waals surface area contributed by atoms with Crippen LogP contribution in [0.15, 0.2) is 24.5 Å². The van der Waals surface area contributed by atoms with Crippen LogP contribution in [0, 0.1) is 4.91 Å². The monoisotopic (exact) mass is 242 g/mol. The Morgan fingerprint density at radius 2 is 2.29 bits per heavy atom. The zero-order chi connectivity index (χ0) is 13.1. The highest BCUT2D eigenvalue weighted by Gasteiger charge is 2.06. The average molecular weight is 242 g/mol. The summed E-state index contributed by atoms with van der Waals surface area (Å²) >= 11 is 0. The first kappa shape index (κ1) is 14.8. The summed E-state index contributed by atoms with van der Waals surface area (Å²) in [6.45, 7) is 4.01. The molecule has 1 heterocycles. The van der Waals surface area contributed by atoms with Crippen molar-refractivity contribution >= 4 is 5.91 Å².